The number of halogens is 1. The highest BCUT2D eigenvalue weighted by atomic mass is 32.2. The van der Waals surface area contributed by atoms with Crippen molar-refractivity contribution in [2.45, 2.75) is 17.9 Å². The maximum atomic E-state index is 13.2. The number of nitrogens with zero attached hydrogens (tertiary/aromatic N) is 2. The molecule has 0 spiro atoms. The Morgan fingerprint density at radius 3 is 2.66 bits per heavy atom. The standard InChI is InChI=1S/C20H19FN4O3S/c21-17-6-1-7-18(12-17)29(27,28)25-11-8-19(26)24-14-16-5-3-10-23-20(16)15-4-2-9-22-13-15/h1-7,9-10,12-13,25H,8,11,14H2,(H,24,26). The van der Waals surface area contributed by atoms with E-state index in [1.165, 1.54) is 12.1 Å². The highest BCUT2D eigenvalue weighted by molar-refractivity contribution is 7.89. The van der Waals surface area contributed by atoms with Gasteiger partial charge in [-0.25, -0.2) is 17.5 Å². The van der Waals surface area contributed by atoms with Crippen LogP contribution in [0, 0.1) is 5.82 Å². The Balaban J connectivity index is 1.54. The summed E-state index contributed by atoms with van der Waals surface area (Å²) in [5, 5.41) is 2.75. The van der Waals surface area contributed by atoms with Gasteiger partial charge in [-0.2, -0.15) is 0 Å². The van der Waals surface area contributed by atoms with Crippen LogP contribution in [0.25, 0.3) is 11.3 Å². The van der Waals surface area contributed by atoms with Gasteiger partial charge in [0.05, 0.1) is 10.6 Å². The summed E-state index contributed by atoms with van der Waals surface area (Å²) < 4.78 is 39.7. The molecular formula is C20H19FN4O3S. The minimum Gasteiger partial charge on any atom is -0.352 e. The molecule has 2 heterocycles. The van der Waals surface area contributed by atoms with Gasteiger partial charge in [-0.1, -0.05) is 12.1 Å². The zero-order chi connectivity index (χ0) is 20.7. The van der Waals surface area contributed by atoms with Crippen LogP contribution in [-0.2, 0) is 21.4 Å². The number of amides is 1. The van der Waals surface area contributed by atoms with E-state index in [1.54, 1.807) is 30.7 Å². The number of hydrogen-bond acceptors (Lipinski definition) is 5. The van der Waals surface area contributed by atoms with Crippen LogP contribution < -0.4 is 10.0 Å². The molecule has 0 unspecified atom stereocenters. The summed E-state index contributed by atoms with van der Waals surface area (Å²) in [6, 6.07) is 12.0. The molecule has 9 heteroatoms. The smallest absolute Gasteiger partial charge is 0.240 e. The Bertz CT molecular complexity index is 1090. The van der Waals surface area contributed by atoms with Gasteiger partial charge in [-0.05, 0) is 42.0 Å². The summed E-state index contributed by atoms with van der Waals surface area (Å²) in [5.74, 6) is -0.973. The van der Waals surface area contributed by atoms with Gasteiger partial charge in [0, 0.05) is 43.7 Å². The van der Waals surface area contributed by atoms with Crippen LogP contribution in [0.15, 0.2) is 72.0 Å². The van der Waals surface area contributed by atoms with E-state index in [0.29, 0.717) is 5.69 Å². The van der Waals surface area contributed by atoms with E-state index in [-0.39, 0.29) is 30.3 Å². The summed E-state index contributed by atoms with van der Waals surface area (Å²) in [7, 11) is -3.88. The number of pyridine rings is 2. The monoisotopic (exact) mass is 414 g/mol. The molecule has 1 amide bonds. The van der Waals surface area contributed by atoms with Gasteiger partial charge in [0.1, 0.15) is 5.82 Å². The second-order valence-corrected chi connectivity index (χ2v) is 7.90. The Morgan fingerprint density at radius 2 is 1.90 bits per heavy atom. The molecule has 0 bridgehead atoms. The lowest BCUT2D eigenvalue weighted by molar-refractivity contribution is -0.121. The van der Waals surface area contributed by atoms with Crippen molar-refractivity contribution in [3.63, 3.8) is 0 Å². The first-order valence-electron chi connectivity index (χ1n) is 8.82. The lowest BCUT2D eigenvalue weighted by Gasteiger charge is -2.10. The lowest BCUT2D eigenvalue weighted by Crippen LogP contribution is -2.30. The molecule has 0 aliphatic carbocycles. The van der Waals surface area contributed by atoms with E-state index in [0.717, 1.165) is 23.3 Å². The van der Waals surface area contributed by atoms with Crippen molar-refractivity contribution in [3.05, 3.63) is 78.5 Å². The van der Waals surface area contributed by atoms with Crippen molar-refractivity contribution in [1.29, 1.82) is 0 Å². The molecule has 7 nitrogen and oxygen atoms in total. The molecule has 2 aromatic heterocycles. The van der Waals surface area contributed by atoms with E-state index in [2.05, 4.69) is 20.0 Å². The second-order valence-electron chi connectivity index (χ2n) is 6.13. The largest absolute Gasteiger partial charge is 0.352 e. The van der Waals surface area contributed by atoms with Crippen molar-refractivity contribution in [2.24, 2.45) is 0 Å². The van der Waals surface area contributed by atoms with Gasteiger partial charge < -0.3 is 5.32 Å². The Kier molecular flexibility index (Phi) is 6.63. The minimum atomic E-state index is -3.88. The van der Waals surface area contributed by atoms with Crippen molar-refractivity contribution in [3.8, 4) is 11.3 Å². The summed E-state index contributed by atoms with van der Waals surface area (Å²) in [5.41, 5.74) is 2.36. The molecule has 0 aliphatic rings. The molecule has 2 N–H and O–H groups in total. The van der Waals surface area contributed by atoms with Crippen molar-refractivity contribution < 1.29 is 17.6 Å². The van der Waals surface area contributed by atoms with Gasteiger partial charge in [-0.3, -0.25) is 14.8 Å². The summed E-state index contributed by atoms with van der Waals surface area (Å²) in [6.45, 7) is 0.140. The summed E-state index contributed by atoms with van der Waals surface area (Å²) in [4.78, 5) is 20.3. The van der Waals surface area contributed by atoms with Crippen LogP contribution in [0.3, 0.4) is 0 Å². The Labute approximate surface area is 168 Å². The zero-order valence-corrected chi connectivity index (χ0v) is 16.2. The van der Waals surface area contributed by atoms with Crippen molar-refractivity contribution in [2.75, 3.05) is 6.54 Å². The molecule has 0 aliphatic heterocycles. The Morgan fingerprint density at radius 1 is 1.07 bits per heavy atom. The molecule has 3 aromatic rings. The molecule has 0 atom stereocenters. The van der Waals surface area contributed by atoms with E-state index >= 15 is 0 Å². The van der Waals surface area contributed by atoms with Gasteiger partial charge in [0.2, 0.25) is 15.9 Å². The normalized spacial score (nSPS) is 11.2. The van der Waals surface area contributed by atoms with Crippen molar-refractivity contribution >= 4 is 15.9 Å². The van der Waals surface area contributed by atoms with Crippen LogP contribution in [0.4, 0.5) is 4.39 Å². The molecule has 0 saturated heterocycles. The minimum absolute atomic E-state index is 0.0585. The maximum Gasteiger partial charge on any atom is 0.240 e. The highest BCUT2D eigenvalue weighted by Crippen LogP contribution is 2.19. The third kappa shape index (κ3) is 5.66. The number of nitrogens with one attached hydrogen (secondary N) is 2. The van der Waals surface area contributed by atoms with Gasteiger partial charge in [-0.15, -0.1) is 0 Å². The van der Waals surface area contributed by atoms with Crippen LogP contribution in [-0.4, -0.2) is 30.8 Å². The number of benzene rings is 1. The number of aromatic nitrogens is 2. The topological polar surface area (TPSA) is 101 Å². The van der Waals surface area contributed by atoms with E-state index < -0.39 is 15.8 Å². The number of carbonyl (C=O) groups is 1. The SMILES string of the molecule is O=C(CCNS(=O)(=O)c1cccc(F)c1)NCc1cccnc1-c1cccnc1. The fraction of sp³-hybridized carbons (Fsp3) is 0.150. The van der Waals surface area contributed by atoms with Crippen molar-refractivity contribution in [1.82, 2.24) is 20.0 Å². The first-order valence-corrected chi connectivity index (χ1v) is 10.3. The number of carbonyl (C=O) groups excluding carboxylic acids is 1. The van der Waals surface area contributed by atoms with Gasteiger partial charge in [0.15, 0.2) is 0 Å². The van der Waals surface area contributed by atoms with Crippen LogP contribution in [0.5, 0.6) is 0 Å². The average Bonchev–Trinajstić information content (AvgIpc) is 2.73. The third-order valence-corrected chi connectivity index (χ3v) is 5.51. The number of hydrogen-bond donors (Lipinski definition) is 2. The predicted octanol–water partition coefficient (Wildman–Crippen LogP) is 2.27. The third-order valence-electron chi connectivity index (χ3n) is 4.05. The van der Waals surface area contributed by atoms with E-state index in [4.69, 9.17) is 0 Å². The zero-order valence-electron chi connectivity index (χ0n) is 15.4. The molecule has 0 fully saturated rings. The van der Waals surface area contributed by atoms with Crippen LogP contribution in [0.1, 0.15) is 12.0 Å². The fourth-order valence-electron chi connectivity index (χ4n) is 2.64. The molecule has 150 valence electrons. The van der Waals surface area contributed by atoms with E-state index in [1.807, 2.05) is 12.1 Å². The molecule has 1 aromatic carbocycles. The number of rotatable bonds is 8. The quantitative estimate of drug-likeness (QED) is 0.589. The fourth-order valence-corrected chi connectivity index (χ4v) is 3.71. The summed E-state index contributed by atoms with van der Waals surface area (Å²) >= 11 is 0. The maximum absolute atomic E-state index is 13.2. The van der Waals surface area contributed by atoms with Gasteiger partial charge >= 0.3 is 0 Å². The molecule has 0 saturated carbocycles. The second kappa shape index (κ2) is 9.35. The number of sulfonamides is 1. The molecular weight excluding hydrogens is 395 g/mol. The Hall–Kier alpha value is -3.17. The van der Waals surface area contributed by atoms with Crippen LogP contribution >= 0.6 is 0 Å². The van der Waals surface area contributed by atoms with Crippen LogP contribution in [0.2, 0.25) is 0 Å². The summed E-state index contributed by atoms with van der Waals surface area (Å²) in [6.07, 6.45) is 4.96. The highest BCUT2D eigenvalue weighted by Gasteiger charge is 2.15. The van der Waals surface area contributed by atoms with Gasteiger partial charge in [0.25, 0.3) is 0 Å². The first kappa shape index (κ1) is 20.6. The average molecular weight is 414 g/mol. The molecule has 3 rings (SSSR count). The van der Waals surface area contributed by atoms with E-state index in [9.17, 15) is 17.6 Å². The molecule has 0 radical (unpaired) electrons. The molecule has 29 heavy (non-hydrogen) atoms. The lowest BCUT2D eigenvalue weighted by atomic mass is 10.1. The first-order chi connectivity index (χ1) is 14.0. The predicted molar refractivity (Wildman–Crippen MR) is 106 cm³/mol.